The van der Waals surface area contributed by atoms with Crippen LogP contribution in [0.2, 0.25) is 0 Å². The van der Waals surface area contributed by atoms with Crippen molar-refractivity contribution >= 4 is 11.9 Å². The van der Waals surface area contributed by atoms with Crippen LogP contribution < -0.4 is 5.73 Å². The maximum absolute atomic E-state index is 12.3. The van der Waals surface area contributed by atoms with Gasteiger partial charge in [0.2, 0.25) is 5.91 Å². The predicted molar refractivity (Wildman–Crippen MR) is 62.3 cm³/mol. The molecule has 1 aliphatic heterocycles. The average Bonchev–Trinajstić information content (AvgIpc) is 2.74. The van der Waals surface area contributed by atoms with Crippen LogP contribution in [-0.2, 0) is 9.59 Å². The first kappa shape index (κ1) is 12.4. The van der Waals surface area contributed by atoms with Crippen LogP contribution >= 0.6 is 0 Å². The third kappa shape index (κ3) is 2.44. The van der Waals surface area contributed by atoms with Gasteiger partial charge in [0.15, 0.2) is 0 Å². The van der Waals surface area contributed by atoms with Crippen molar-refractivity contribution in [1.29, 1.82) is 0 Å². The fraction of sp³-hybridized carbons (Fsp3) is 0.833. The Balaban J connectivity index is 2.08. The van der Waals surface area contributed by atoms with Crippen molar-refractivity contribution in [2.75, 3.05) is 6.54 Å². The van der Waals surface area contributed by atoms with Gasteiger partial charge in [-0.15, -0.1) is 0 Å². The second-order valence-corrected chi connectivity index (χ2v) is 5.08. The summed E-state index contributed by atoms with van der Waals surface area (Å²) < 4.78 is 0. The van der Waals surface area contributed by atoms with Crippen LogP contribution in [0.25, 0.3) is 0 Å². The summed E-state index contributed by atoms with van der Waals surface area (Å²) in [5.41, 5.74) is 5.91. The van der Waals surface area contributed by atoms with E-state index in [1.54, 1.807) is 4.90 Å². The van der Waals surface area contributed by atoms with Crippen molar-refractivity contribution in [2.45, 2.75) is 50.6 Å². The number of carbonyl (C=O) groups is 2. The van der Waals surface area contributed by atoms with E-state index in [0.717, 1.165) is 32.1 Å². The lowest BCUT2D eigenvalue weighted by atomic mass is 9.96. The minimum absolute atomic E-state index is 0.0397. The Labute approximate surface area is 101 Å². The number of hydrogen-bond donors (Lipinski definition) is 2. The van der Waals surface area contributed by atoms with Crippen LogP contribution in [0, 0.1) is 5.92 Å². The molecule has 2 unspecified atom stereocenters. The molecule has 0 aromatic heterocycles. The number of carbonyl (C=O) groups excluding carboxylic acids is 1. The van der Waals surface area contributed by atoms with Crippen molar-refractivity contribution in [3.8, 4) is 0 Å². The van der Waals surface area contributed by atoms with Gasteiger partial charge in [-0.2, -0.15) is 0 Å². The SMILES string of the molecule is NC1CCCC1C(=O)N1CCCC[C@H]1C(=O)O. The van der Waals surface area contributed by atoms with Crippen molar-refractivity contribution in [3.63, 3.8) is 0 Å². The van der Waals surface area contributed by atoms with Gasteiger partial charge in [-0.05, 0) is 32.1 Å². The Kier molecular flexibility index (Phi) is 3.66. The molecule has 1 saturated carbocycles. The van der Waals surface area contributed by atoms with Gasteiger partial charge in [0, 0.05) is 12.6 Å². The predicted octanol–water partition coefficient (Wildman–Crippen LogP) is 0.579. The van der Waals surface area contributed by atoms with E-state index in [4.69, 9.17) is 10.8 Å². The van der Waals surface area contributed by atoms with E-state index in [1.807, 2.05) is 0 Å². The normalized spacial score (nSPS) is 33.7. The fourth-order valence-corrected chi connectivity index (χ4v) is 2.96. The van der Waals surface area contributed by atoms with Gasteiger partial charge in [0.05, 0.1) is 5.92 Å². The molecule has 1 amide bonds. The molecule has 1 heterocycles. The Bertz CT molecular complexity index is 319. The maximum atomic E-state index is 12.3. The summed E-state index contributed by atoms with van der Waals surface area (Å²) >= 11 is 0. The lowest BCUT2D eigenvalue weighted by Crippen LogP contribution is -2.52. The molecule has 5 heteroatoms. The van der Waals surface area contributed by atoms with Crippen molar-refractivity contribution in [2.24, 2.45) is 11.7 Å². The van der Waals surface area contributed by atoms with Gasteiger partial charge in [-0.25, -0.2) is 4.79 Å². The number of hydrogen-bond acceptors (Lipinski definition) is 3. The van der Waals surface area contributed by atoms with Gasteiger partial charge in [0.1, 0.15) is 6.04 Å². The molecule has 3 N–H and O–H groups in total. The van der Waals surface area contributed by atoms with Crippen LogP contribution in [0.3, 0.4) is 0 Å². The number of amides is 1. The Morgan fingerprint density at radius 3 is 2.47 bits per heavy atom. The smallest absolute Gasteiger partial charge is 0.326 e. The topological polar surface area (TPSA) is 83.6 Å². The van der Waals surface area contributed by atoms with Crippen LogP contribution in [0.5, 0.6) is 0 Å². The van der Waals surface area contributed by atoms with E-state index in [9.17, 15) is 9.59 Å². The Morgan fingerprint density at radius 1 is 1.12 bits per heavy atom. The van der Waals surface area contributed by atoms with Gasteiger partial charge >= 0.3 is 5.97 Å². The standard InChI is InChI=1S/C12H20N2O3/c13-9-5-3-4-8(9)11(15)14-7-2-1-6-10(14)12(16)17/h8-10H,1-7,13H2,(H,16,17)/t8?,9?,10-/m0/s1. The highest BCUT2D eigenvalue weighted by Gasteiger charge is 2.39. The second-order valence-electron chi connectivity index (χ2n) is 5.08. The molecule has 0 radical (unpaired) electrons. The summed E-state index contributed by atoms with van der Waals surface area (Å²) in [7, 11) is 0. The number of rotatable bonds is 2. The molecule has 2 rings (SSSR count). The molecule has 3 atom stereocenters. The quantitative estimate of drug-likeness (QED) is 0.739. The van der Waals surface area contributed by atoms with E-state index < -0.39 is 12.0 Å². The van der Waals surface area contributed by atoms with Crippen molar-refractivity contribution < 1.29 is 14.7 Å². The molecule has 2 aliphatic rings. The Morgan fingerprint density at radius 2 is 1.88 bits per heavy atom. The van der Waals surface area contributed by atoms with Crippen molar-refractivity contribution in [1.82, 2.24) is 4.90 Å². The zero-order valence-corrected chi connectivity index (χ0v) is 9.97. The molecule has 0 aromatic rings. The minimum atomic E-state index is -0.885. The van der Waals surface area contributed by atoms with E-state index in [1.165, 1.54) is 0 Å². The second kappa shape index (κ2) is 5.04. The summed E-state index contributed by atoms with van der Waals surface area (Å²) in [6, 6.07) is -0.720. The van der Waals surface area contributed by atoms with Gasteiger partial charge in [-0.1, -0.05) is 6.42 Å². The number of nitrogens with two attached hydrogens (primary N) is 1. The molecular formula is C12H20N2O3. The summed E-state index contributed by atoms with van der Waals surface area (Å²) in [5, 5.41) is 9.14. The van der Waals surface area contributed by atoms with E-state index in [2.05, 4.69) is 0 Å². The zero-order chi connectivity index (χ0) is 12.4. The van der Waals surface area contributed by atoms with Crippen LogP contribution in [0.1, 0.15) is 38.5 Å². The van der Waals surface area contributed by atoms with Crippen molar-refractivity contribution in [3.05, 3.63) is 0 Å². The molecule has 2 fully saturated rings. The number of likely N-dealkylation sites (tertiary alicyclic amines) is 1. The van der Waals surface area contributed by atoms with Gasteiger partial charge < -0.3 is 15.7 Å². The highest BCUT2D eigenvalue weighted by molar-refractivity contribution is 5.86. The number of aliphatic carboxylic acids is 1. The molecule has 5 nitrogen and oxygen atoms in total. The first-order valence-corrected chi connectivity index (χ1v) is 6.40. The first-order chi connectivity index (χ1) is 8.11. The summed E-state index contributed by atoms with van der Waals surface area (Å²) in [4.78, 5) is 25.0. The van der Waals surface area contributed by atoms with E-state index >= 15 is 0 Å². The van der Waals surface area contributed by atoms with E-state index in [-0.39, 0.29) is 17.9 Å². The number of carboxylic acids is 1. The van der Waals surface area contributed by atoms with Crippen LogP contribution in [-0.4, -0.2) is 40.5 Å². The monoisotopic (exact) mass is 240 g/mol. The summed E-state index contributed by atoms with van der Waals surface area (Å²) in [6.07, 6.45) is 5.02. The zero-order valence-electron chi connectivity index (χ0n) is 9.97. The van der Waals surface area contributed by atoms with Crippen LogP contribution in [0.4, 0.5) is 0 Å². The molecule has 1 saturated heterocycles. The average molecular weight is 240 g/mol. The molecule has 0 bridgehead atoms. The third-order valence-electron chi connectivity index (χ3n) is 3.96. The lowest BCUT2D eigenvalue weighted by Gasteiger charge is -2.35. The number of carboxylic acid groups (broad SMARTS) is 1. The lowest BCUT2D eigenvalue weighted by molar-refractivity contribution is -0.154. The minimum Gasteiger partial charge on any atom is -0.480 e. The maximum Gasteiger partial charge on any atom is 0.326 e. The molecule has 0 aromatic carbocycles. The molecular weight excluding hydrogens is 220 g/mol. The molecule has 0 spiro atoms. The third-order valence-corrected chi connectivity index (χ3v) is 3.96. The number of piperidine rings is 1. The first-order valence-electron chi connectivity index (χ1n) is 6.40. The highest BCUT2D eigenvalue weighted by Crippen LogP contribution is 2.28. The van der Waals surface area contributed by atoms with E-state index in [0.29, 0.717) is 13.0 Å². The van der Waals surface area contributed by atoms with Gasteiger partial charge in [-0.3, -0.25) is 4.79 Å². The van der Waals surface area contributed by atoms with Gasteiger partial charge in [0.25, 0.3) is 0 Å². The summed E-state index contributed by atoms with van der Waals surface area (Å²) in [5.74, 6) is -1.08. The Hall–Kier alpha value is -1.10. The molecule has 17 heavy (non-hydrogen) atoms. The van der Waals surface area contributed by atoms with Crippen LogP contribution in [0.15, 0.2) is 0 Å². The fourth-order valence-electron chi connectivity index (χ4n) is 2.96. The molecule has 1 aliphatic carbocycles. The number of nitrogens with zero attached hydrogens (tertiary/aromatic N) is 1. The summed E-state index contributed by atoms with van der Waals surface area (Å²) in [6.45, 7) is 0.568. The molecule has 96 valence electrons. The highest BCUT2D eigenvalue weighted by atomic mass is 16.4. The largest absolute Gasteiger partial charge is 0.480 e.